The van der Waals surface area contributed by atoms with E-state index in [4.69, 9.17) is 10.5 Å². The van der Waals surface area contributed by atoms with Gasteiger partial charge >= 0.3 is 0 Å². The second-order valence-corrected chi connectivity index (χ2v) is 7.06. The Kier molecular flexibility index (Phi) is 6.55. The lowest BCUT2D eigenvalue weighted by Gasteiger charge is -2.13. The second kappa shape index (κ2) is 9.30. The van der Waals surface area contributed by atoms with Crippen LogP contribution in [0.3, 0.4) is 0 Å². The summed E-state index contributed by atoms with van der Waals surface area (Å²) in [5.74, 6) is 1.84. The highest BCUT2D eigenvalue weighted by Gasteiger charge is 2.05. The van der Waals surface area contributed by atoms with Gasteiger partial charge in [0.25, 0.3) is 0 Å². The van der Waals surface area contributed by atoms with Crippen LogP contribution in [0.15, 0.2) is 89.8 Å². The predicted molar refractivity (Wildman–Crippen MR) is 106 cm³/mol. The molecule has 128 valence electrons. The van der Waals surface area contributed by atoms with Crippen LogP contribution in [-0.4, -0.2) is 12.6 Å². The predicted octanol–water partition coefficient (Wildman–Crippen LogP) is 4.93. The fourth-order valence-electron chi connectivity index (χ4n) is 2.55. The Morgan fingerprint density at radius 3 is 2.00 bits per heavy atom. The quantitative estimate of drug-likeness (QED) is 0.586. The molecule has 3 rings (SSSR count). The zero-order valence-electron chi connectivity index (χ0n) is 14.2. The summed E-state index contributed by atoms with van der Waals surface area (Å²) in [5.41, 5.74) is 8.74. The van der Waals surface area contributed by atoms with Crippen LogP contribution >= 0.6 is 11.8 Å². The van der Waals surface area contributed by atoms with Crippen molar-refractivity contribution in [2.45, 2.75) is 23.1 Å². The molecule has 0 saturated carbocycles. The molecule has 0 aliphatic rings. The van der Waals surface area contributed by atoms with E-state index in [1.807, 2.05) is 48.2 Å². The standard InChI is InChI=1S/C22H23NOS/c23-20(15-18-7-3-1-4-8-18)16-24-21-11-13-22(14-12-21)25-17-19-9-5-2-6-10-19/h1-14,20H,15-17,23H2. The minimum atomic E-state index is -0.00506. The average Bonchev–Trinajstić information content (AvgIpc) is 2.67. The van der Waals surface area contributed by atoms with E-state index in [-0.39, 0.29) is 6.04 Å². The van der Waals surface area contributed by atoms with Gasteiger partial charge in [-0.05, 0) is 41.8 Å². The first-order chi connectivity index (χ1) is 12.3. The maximum absolute atomic E-state index is 6.17. The van der Waals surface area contributed by atoms with E-state index in [2.05, 4.69) is 48.5 Å². The van der Waals surface area contributed by atoms with Gasteiger partial charge in [0, 0.05) is 16.7 Å². The zero-order valence-corrected chi connectivity index (χ0v) is 15.0. The maximum Gasteiger partial charge on any atom is 0.119 e. The van der Waals surface area contributed by atoms with Crippen LogP contribution < -0.4 is 10.5 Å². The van der Waals surface area contributed by atoms with Crippen molar-refractivity contribution >= 4 is 11.8 Å². The summed E-state index contributed by atoms with van der Waals surface area (Å²) >= 11 is 1.83. The van der Waals surface area contributed by atoms with Crippen LogP contribution in [-0.2, 0) is 12.2 Å². The number of hydrogen-bond donors (Lipinski definition) is 1. The molecular formula is C22H23NOS. The average molecular weight is 349 g/mol. The van der Waals surface area contributed by atoms with Gasteiger partial charge in [-0.25, -0.2) is 0 Å². The molecular weight excluding hydrogens is 326 g/mol. The number of benzene rings is 3. The molecule has 3 aromatic carbocycles. The van der Waals surface area contributed by atoms with Crippen LogP contribution in [0.5, 0.6) is 5.75 Å². The van der Waals surface area contributed by atoms with Crippen LogP contribution in [0.1, 0.15) is 11.1 Å². The Morgan fingerprint density at radius 1 is 0.760 bits per heavy atom. The fourth-order valence-corrected chi connectivity index (χ4v) is 3.41. The third-order valence-corrected chi connectivity index (χ3v) is 4.96. The molecule has 1 unspecified atom stereocenters. The summed E-state index contributed by atoms with van der Waals surface area (Å²) in [4.78, 5) is 1.24. The highest BCUT2D eigenvalue weighted by Crippen LogP contribution is 2.24. The molecule has 3 heteroatoms. The van der Waals surface area contributed by atoms with E-state index in [0.29, 0.717) is 6.61 Å². The van der Waals surface area contributed by atoms with Gasteiger partial charge in [-0.3, -0.25) is 0 Å². The molecule has 0 bridgehead atoms. The molecule has 0 spiro atoms. The summed E-state index contributed by atoms with van der Waals surface area (Å²) in [6, 6.07) is 29.0. The van der Waals surface area contributed by atoms with E-state index in [9.17, 15) is 0 Å². The van der Waals surface area contributed by atoms with Gasteiger partial charge in [0.2, 0.25) is 0 Å². The molecule has 0 radical (unpaired) electrons. The molecule has 0 aliphatic heterocycles. The van der Waals surface area contributed by atoms with Gasteiger partial charge in [0.1, 0.15) is 12.4 Å². The summed E-state index contributed by atoms with van der Waals surface area (Å²) < 4.78 is 5.82. The summed E-state index contributed by atoms with van der Waals surface area (Å²) in [5, 5.41) is 0. The Morgan fingerprint density at radius 2 is 1.36 bits per heavy atom. The van der Waals surface area contributed by atoms with Crippen molar-refractivity contribution in [2.24, 2.45) is 5.73 Å². The van der Waals surface area contributed by atoms with Crippen LogP contribution in [0.2, 0.25) is 0 Å². The molecule has 0 fully saturated rings. The highest BCUT2D eigenvalue weighted by molar-refractivity contribution is 7.98. The largest absolute Gasteiger partial charge is 0.492 e. The molecule has 0 aliphatic carbocycles. The van der Waals surface area contributed by atoms with Crippen molar-refractivity contribution in [1.29, 1.82) is 0 Å². The van der Waals surface area contributed by atoms with Gasteiger partial charge in [-0.1, -0.05) is 60.7 Å². The van der Waals surface area contributed by atoms with Crippen LogP contribution in [0, 0.1) is 0 Å². The lowest BCUT2D eigenvalue weighted by Crippen LogP contribution is -2.30. The molecule has 0 saturated heterocycles. The summed E-state index contributed by atoms with van der Waals surface area (Å²) in [6.45, 7) is 0.519. The fraction of sp³-hybridized carbons (Fsp3) is 0.182. The number of nitrogens with two attached hydrogens (primary N) is 1. The molecule has 2 N–H and O–H groups in total. The zero-order chi connectivity index (χ0) is 17.3. The Balaban J connectivity index is 1.44. The number of hydrogen-bond acceptors (Lipinski definition) is 3. The van der Waals surface area contributed by atoms with E-state index in [1.54, 1.807) is 0 Å². The van der Waals surface area contributed by atoms with E-state index >= 15 is 0 Å². The molecule has 0 heterocycles. The van der Waals surface area contributed by atoms with E-state index in [1.165, 1.54) is 16.0 Å². The molecule has 0 amide bonds. The van der Waals surface area contributed by atoms with Crippen molar-refractivity contribution in [2.75, 3.05) is 6.61 Å². The first-order valence-electron chi connectivity index (χ1n) is 8.49. The van der Waals surface area contributed by atoms with Crippen molar-refractivity contribution in [1.82, 2.24) is 0 Å². The smallest absolute Gasteiger partial charge is 0.119 e. The summed E-state index contributed by atoms with van der Waals surface area (Å²) in [7, 11) is 0. The van der Waals surface area contributed by atoms with Crippen molar-refractivity contribution in [3.63, 3.8) is 0 Å². The Hall–Kier alpha value is -2.23. The maximum atomic E-state index is 6.17. The van der Waals surface area contributed by atoms with Crippen LogP contribution in [0.4, 0.5) is 0 Å². The van der Waals surface area contributed by atoms with Gasteiger partial charge < -0.3 is 10.5 Å². The Bertz CT molecular complexity index is 744. The van der Waals surface area contributed by atoms with E-state index < -0.39 is 0 Å². The van der Waals surface area contributed by atoms with Gasteiger partial charge in [-0.15, -0.1) is 11.8 Å². The lowest BCUT2D eigenvalue weighted by molar-refractivity contribution is 0.287. The molecule has 25 heavy (non-hydrogen) atoms. The van der Waals surface area contributed by atoms with Crippen molar-refractivity contribution < 1.29 is 4.74 Å². The first kappa shape index (κ1) is 17.6. The lowest BCUT2D eigenvalue weighted by atomic mass is 10.1. The topological polar surface area (TPSA) is 35.2 Å². The first-order valence-corrected chi connectivity index (χ1v) is 9.47. The summed E-state index contributed by atoms with van der Waals surface area (Å²) in [6.07, 6.45) is 0.825. The second-order valence-electron chi connectivity index (χ2n) is 6.01. The molecule has 0 aromatic heterocycles. The normalized spacial score (nSPS) is 11.9. The van der Waals surface area contributed by atoms with E-state index in [0.717, 1.165) is 17.9 Å². The molecule has 1 atom stereocenters. The number of ether oxygens (including phenoxy) is 1. The van der Waals surface area contributed by atoms with Gasteiger partial charge in [0.05, 0.1) is 0 Å². The number of rotatable bonds is 8. The molecule has 2 nitrogen and oxygen atoms in total. The Labute approximate surface area is 154 Å². The minimum Gasteiger partial charge on any atom is -0.492 e. The van der Waals surface area contributed by atoms with Crippen molar-refractivity contribution in [3.05, 3.63) is 96.1 Å². The van der Waals surface area contributed by atoms with Crippen LogP contribution in [0.25, 0.3) is 0 Å². The molecule has 3 aromatic rings. The van der Waals surface area contributed by atoms with Crippen molar-refractivity contribution in [3.8, 4) is 5.75 Å². The minimum absolute atomic E-state index is 0.00506. The SMILES string of the molecule is NC(COc1ccc(SCc2ccccc2)cc1)Cc1ccccc1. The highest BCUT2D eigenvalue weighted by atomic mass is 32.2. The van der Waals surface area contributed by atoms with Gasteiger partial charge in [0.15, 0.2) is 0 Å². The third-order valence-electron chi connectivity index (χ3n) is 3.88. The third kappa shape index (κ3) is 5.96. The van der Waals surface area contributed by atoms with Gasteiger partial charge in [-0.2, -0.15) is 0 Å². The number of thioether (sulfide) groups is 1. The monoisotopic (exact) mass is 349 g/mol.